The smallest absolute Gasteiger partial charge is 0.322 e. The number of benzene rings is 2. The van der Waals surface area contributed by atoms with Crippen molar-refractivity contribution in [3.05, 3.63) is 54.1 Å². The summed E-state index contributed by atoms with van der Waals surface area (Å²) >= 11 is 0. The number of carbonyl (C=O) groups excluding carboxylic acids is 2. The quantitative estimate of drug-likeness (QED) is 0.647. The summed E-state index contributed by atoms with van der Waals surface area (Å²) in [5, 5.41) is 13.1. The standard InChI is InChI=1S/C20H20N4O4/c1-3-6-17(25)21-16-8-5-4-7-15(16)18(26)22-20-24-23-19(28-20)13-9-11-14(27-2)12-10-13/h4-5,7-12H,3,6H2,1-2H3,(H,21,25)(H,22,24,26). The predicted molar refractivity (Wildman–Crippen MR) is 104 cm³/mol. The van der Waals surface area contributed by atoms with Crippen molar-refractivity contribution in [2.24, 2.45) is 0 Å². The minimum Gasteiger partial charge on any atom is -0.497 e. The topological polar surface area (TPSA) is 106 Å². The first kappa shape index (κ1) is 19.1. The number of nitrogens with one attached hydrogen (secondary N) is 2. The maximum Gasteiger partial charge on any atom is 0.322 e. The Bertz CT molecular complexity index is 966. The van der Waals surface area contributed by atoms with Crippen LogP contribution in [0.4, 0.5) is 11.7 Å². The Morgan fingerprint density at radius 1 is 1.04 bits per heavy atom. The molecule has 3 rings (SSSR count). The van der Waals surface area contributed by atoms with Gasteiger partial charge in [0.15, 0.2) is 0 Å². The minimum absolute atomic E-state index is 0.0366. The van der Waals surface area contributed by atoms with Gasteiger partial charge in [0, 0.05) is 12.0 Å². The number of nitrogens with zero attached hydrogens (tertiary/aromatic N) is 2. The second kappa shape index (κ2) is 8.81. The van der Waals surface area contributed by atoms with Crippen molar-refractivity contribution >= 4 is 23.5 Å². The normalized spacial score (nSPS) is 10.4. The number of hydrogen-bond donors (Lipinski definition) is 2. The average molecular weight is 380 g/mol. The summed E-state index contributed by atoms with van der Waals surface area (Å²) in [5.74, 6) is 0.362. The van der Waals surface area contributed by atoms with E-state index >= 15 is 0 Å². The molecule has 2 aromatic carbocycles. The van der Waals surface area contributed by atoms with Crippen molar-refractivity contribution in [1.29, 1.82) is 0 Å². The van der Waals surface area contributed by atoms with E-state index in [1.165, 1.54) is 0 Å². The molecule has 0 unspecified atom stereocenters. The van der Waals surface area contributed by atoms with Crippen LogP contribution in [-0.2, 0) is 4.79 Å². The third kappa shape index (κ3) is 4.53. The summed E-state index contributed by atoms with van der Waals surface area (Å²) < 4.78 is 10.6. The van der Waals surface area contributed by atoms with Crippen LogP contribution < -0.4 is 15.4 Å². The van der Waals surface area contributed by atoms with Gasteiger partial charge in [-0.1, -0.05) is 24.2 Å². The molecule has 0 saturated carbocycles. The van der Waals surface area contributed by atoms with Crippen LogP contribution in [0.25, 0.3) is 11.5 Å². The van der Waals surface area contributed by atoms with Crippen LogP contribution in [0, 0.1) is 0 Å². The highest BCUT2D eigenvalue weighted by Gasteiger charge is 2.16. The molecular weight excluding hydrogens is 360 g/mol. The lowest BCUT2D eigenvalue weighted by Crippen LogP contribution is -2.18. The molecule has 0 radical (unpaired) electrons. The zero-order chi connectivity index (χ0) is 19.9. The molecule has 8 heteroatoms. The predicted octanol–water partition coefficient (Wildman–Crippen LogP) is 3.74. The van der Waals surface area contributed by atoms with E-state index in [1.54, 1.807) is 55.6 Å². The number of carbonyl (C=O) groups is 2. The fourth-order valence-electron chi connectivity index (χ4n) is 2.52. The number of para-hydroxylation sites is 1. The SMILES string of the molecule is CCCC(=O)Nc1ccccc1C(=O)Nc1nnc(-c2ccc(OC)cc2)o1. The van der Waals surface area contributed by atoms with Crippen LogP contribution in [0.3, 0.4) is 0 Å². The molecule has 1 heterocycles. The van der Waals surface area contributed by atoms with Crippen LogP contribution in [0.2, 0.25) is 0 Å². The zero-order valence-electron chi connectivity index (χ0n) is 15.6. The monoisotopic (exact) mass is 380 g/mol. The van der Waals surface area contributed by atoms with Gasteiger partial charge in [-0.2, -0.15) is 0 Å². The number of ether oxygens (including phenoxy) is 1. The maximum absolute atomic E-state index is 12.6. The summed E-state index contributed by atoms with van der Waals surface area (Å²) in [6.45, 7) is 1.91. The second-order valence-electron chi connectivity index (χ2n) is 5.94. The number of methoxy groups -OCH3 is 1. The van der Waals surface area contributed by atoms with E-state index in [9.17, 15) is 9.59 Å². The number of anilines is 2. The van der Waals surface area contributed by atoms with Crippen LogP contribution in [0.1, 0.15) is 30.1 Å². The lowest BCUT2D eigenvalue weighted by molar-refractivity contribution is -0.116. The molecule has 0 aliphatic carbocycles. The molecule has 0 spiro atoms. The molecule has 1 aromatic heterocycles. The van der Waals surface area contributed by atoms with Crippen LogP contribution in [0.5, 0.6) is 5.75 Å². The number of amides is 2. The van der Waals surface area contributed by atoms with Gasteiger partial charge in [0.1, 0.15) is 5.75 Å². The number of aromatic nitrogens is 2. The van der Waals surface area contributed by atoms with Crippen molar-refractivity contribution in [1.82, 2.24) is 10.2 Å². The maximum atomic E-state index is 12.6. The Kier molecular flexibility index (Phi) is 6.01. The molecule has 0 aliphatic heterocycles. The van der Waals surface area contributed by atoms with Gasteiger partial charge in [0.05, 0.1) is 18.4 Å². The Labute approximate surface area is 161 Å². The van der Waals surface area contributed by atoms with E-state index in [2.05, 4.69) is 20.8 Å². The lowest BCUT2D eigenvalue weighted by atomic mass is 10.1. The van der Waals surface area contributed by atoms with E-state index in [1.807, 2.05) is 6.92 Å². The Balaban J connectivity index is 1.73. The van der Waals surface area contributed by atoms with Crippen molar-refractivity contribution < 1.29 is 18.7 Å². The summed E-state index contributed by atoms with van der Waals surface area (Å²) in [4.78, 5) is 24.5. The van der Waals surface area contributed by atoms with Gasteiger partial charge in [0.25, 0.3) is 5.91 Å². The van der Waals surface area contributed by atoms with Gasteiger partial charge in [-0.25, -0.2) is 0 Å². The van der Waals surface area contributed by atoms with Gasteiger partial charge in [-0.05, 0) is 42.8 Å². The number of rotatable bonds is 7. The van der Waals surface area contributed by atoms with E-state index in [0.717, 1.165) is 6.42 Å². The van der Waals surface area contributed by atoms with E-state index in [0.29, 0.717) is 29.0 Å². The highest BCUT2D eigenvalue weighted by atomic mass is 16.5. The molecule has 2 amide bonds. The molecule has 0 saturated heterocycles. The first-order chi connectivity index (χ1) is 13.6. The molecular formula is C20H20N4O4. The van der Waals surface area contributed by atoms with Gasteiger partial charge >= 0.3 is 6.01 Å². The van der Waals surface area contributed by atoms with Crippen molar-refractivity contribution in [2.75, 3.05) is 17.7 Å². The van der Waals surface area contributed by atoms with Gasteiger partial charge < -0.3 is 14.5 Å². The zero-order valence-corrected chi connectivity index (χ0v) is 15.6. The number of hydrogen-bond acceptors (Lipinski definition) is 6. The third-order valence-electron chi connectivity index (χ3n) is 3.91. The molecule has 3 aromatic rings. The Morgan fingerprint density at radius 2 is 1.79 bits per heavy atom. The second-order valence-corrected chi connectivity index (χ2v) is 5.94. The molecule has 28 heavy (non-hydrogen) atoms. The first-order valence-corrected chi connectivity index (χ1v) is 8.79. The molecule has 0 bridgehead atoms. The van der Waals surface area contributed by atoms with Gasteiger partial charge in [-0.3, -0.25) is 14.9 Å². The molecule has 2 N–H and O–H groups in total. The summed E-state index contributed by atoms with van der Waals surface area (Å²) in [6, 6.07) is 13.8. The van der Waals surface area contributed by atoms with Crippen molar-refractivity contribution in [3.8, 4) is 17.2 Å². The minimum atomic E-state index is -0.461. The van der Waals surface area contributed by atoms with Gasteiger partial charge in [0.2, 0.25) is 11.8 Å². The van der Waals surface area contributed by atoms with Gasteiger partial charge in [-0.15, -0.1) is 5.10 Å². The summed E-state index contributed by atoms with van der Waals surface area (Å²) in [6.07, 6.45) is 1.10. The lowest BCUT2D eigenvalue weighted by Gasteiger charge is -2.09. The molecule has 144 valence electrons. The van der Waals surface area contributed by atoms with Crippen LogP contribution in [0.15, 0.2) is 52.9 Å². The van der Waals surface area contributed by atoms with Crippen molar-refractivity contribution in [2.45, 2.75) is 19.8 Å². The largest absolute Gasteiger partial charge is 0.497 e. The van der Waals surface area contributed by atoms with E-state index in [-0.39, 0.29) is 17.8 Å². The molecule has 0 aliphatic rings. The molecule has 0 atom stereocenters. The fourth-order valence-corrected chi connectivity index (χ4v) is 2.52. The summed E-state index contributed by atoms with van der Waals surface area (Å²) in [5.41, 5.74) is 1.42. The van der Waals surface area contributed by atoms with Crippen LogP contribution >= 0.6 is 0 Å². The summed E-state index contributed by atoms with van der Waals surface area (Å²) in [7, 11) is 1.58. The van der Waals surface area contributed by atoms with E-state index < -0.39 is 5.91 Å². The highest BCUT2D eigenvalue weighted by Crippen LogP contribution is 2.23. The fraction of sp³-hybridized carbons (Fsp3) is 0.200. The van der Waals surface area contributed by atoms with Crippen LogP contribution in [-0.4, -0.2) is 29.1 Å². The molecule has 0 fully saturated rings. The first-order valence-electron chi connectivity index (χ1n) is 8.79. The van der Waals surface area contributed by atoms with E-state index in [4.69, 9.17) is 9.15 Å². The molecule has 8 nitrogen and oxygen atoms in total. The third-order valence-corrected chi connectivity index (χ3v) is 3.91. The highest BCUT2D eigenvalue weighted by molar-refractivity contribution is 6.09. The van der Waals surface area contributed by atoms with Crippen molar-refractivity contribution in [3.63, 3.8) is 0 Å². The Hall–Kier alpha value is -3.68. The Morgan fingerprint density at radius 3 is 2.50 bits per heavy atom. The average Bonchev–Trinajstić information content (AvgIpc) is 3.17.